The van der Waals surface area contributed by atoms with Crippen LogP contribution < -0.4 is 5.32 Å². The summed E-state index contributed by atoms with van der Waals surface area (Å²) in [6, 6.07) is 23.6. The first kappa shape index (κ1) is 26.9. The van der Waals surface area contributed by atoms with Gasteiger partial charge in [-0.3, -0.25) is 14.4 Å². The molecule has 7 nitrogen and oxygen atoms in total. The Morgan fingerprint density at radius 2 is 1.62 bits per heavy atom. The van der Waals surface area contributed by atoms with Crippen molar-refractivity contribution in [2.45, 2.75) is 26.3 Å². The minimum absolute atomic E-state index is 0.0700. The number of fused-ring (bicyclic) bond motifs is 1. The van der Waals surface area contributed by atoms with Gasteiger partial charge in [-0.25, -0.2) is 0 Å². The van der Waals surface area contributed by atoms with Crippen LogP contribution in [0.3, 0.4) is 0 Å². The summed E-state index contributed by atoms with van der Waals surface area (Å²) >= 11 is 0. The van der Waals surface area contributed by atoms with Gasteiger partial charge < -0.3 is 19.5 Å². The molecular weight excluding hydrogens is 502 g/mol. The van der Waals surface area contributed by atoms with Gasteiger partial charge in [-0.2, -0.15) is 0 Å². The summed E-state index contributed by atoms with van der Waals surface area (Å²) in [6.45, 7) is 3.12. The fourth-order valence-electron chi connectivity index (χ4n) is 5.10. The Balaban J connectivity index is 1.33. The number of nitrogens with zero attached hydrogens (tertiary/aromatic N) is 2. The molecule has 0 saturated carbocycles. The van der Waals surface area contributed by atoms with Gasteiger partial charge in [-0.1, -0.05) is 60.7 Å². The first-order valence-electron chi connectivity index (χ1n) is 13.4. The van der Waals surface area contributed by atoms with E-state index in [4.69, 9.17) is 4.42 Å². The molecule has 0 fully saturated rings. The molecule has 2 heterocycles. The van der Waals surface area contributed by atoms with Crippen molar-refractivity contribution in [2.24, 2.45) is 0 Å². The summed E-state index contributed by atoms with van der Waals surface area (Å²) < 4.78 is 5.75. The molecule has 0 atom stereocenters. The second-order valence-corrected chi connectivity index (χ2v) is 10.3. The zero-order chi connectivity index (χ0) is 28.2. The van der Waals surface area contributed by atoms with E-state index in [1.165, 1.54) is 11.8 Å². The fourth-order valence-corrected chi connectivity index (χ4v) is 5.10. The average molecular weight is 536 g/mol. The molecule has 40 heavy (non-hydrogen) atoms. The number of nitrogens with one attached hydrogen (secondary N) is 1. The fraction of sp³-hybridized carbons (Fsp3) is 0.242. The van der Waals surface area contributed by atoms with E-state index in [1.54, 1.807) is 20.2 Å². The third kappa shape index (κ3) is 5.83. The molecule has 5 rings (SSSR count). The largest absolute Gasteiger partial charge is 0.451 e. The number of furan rings is 1. The van der Waals surface area contributed by atoms with Crippen LogP contribution in [0.5, 0.6) is 0 Å². The third-order valence-electron chi connectivity index (χ3n) is 7.20. The highest BCUT2D eigenvalue weighted by Crippen LogP contribution is 2.30. The van der Waals surface area contributed by atoms with Crippen molar-refractivity contribution < 1.29 is 18.8 Å². The monoisotopic (exact) mass is 535 g/mol. The Morgan fingerprint density at radius 3 is 2.35 bits per heavy atom. The molecular formula is C33H33N3O4. The lowest BCUT2D eigenvalue weighted by atomic mass is 9.93. The van der Waals surface area contributed by atoms with Gasteiger partial charge in [0.25, 0.3) is 5.91 Å². The van der Waals surface area contributed by atoms with Gasteiger partial charge in [0.1, 0.15) is 5.58 Å². The van der Waals surface area contributed by atoms with Gasteiger partial charge >= 0.3 is 0 Å². The first-order valence-corrected chi connectivity index (χ1v) is 13.4. The number of hydrogen-bond donors (Lipinski definition) is 1. The molecule has 3 amide bonds. The van der Waals surface area contributed by atoms with E-state index in [9.17, 15) is 14.4 Å². The molecule has 0 saturated heterocycles. The Hall–Kier alpha value is -4.65. The van der Waals surface area contributed by atoms with E-state index in [0.717, 1.165) is 45.2 Å². The van der Waals surface area contributed by atoms with Crippen LogP contribution in [0.1, 0.15) is 40.6 Å². The molecule has 0 unspecified atom stereocenters. The normalized spacial score (nSPS) is 13.2. The summed E-state index contributed by atoms with van der Waals surface area (Å²) in [5.41, 5.74) is 6.73. The summed E-state index contributed by atoms with van der Waals surface area (Å²) in [5.74, 6) is 0.121. The molecule has 1 aliphatic heterocycles. The van der Waals surface area contributed by atoms with Crippen LogP contribution in [-0.2, 0) is 22.6 Å². The minimum Gasteiger partial charge on any atom is -0.451 e. The van der Waals surface area contributed by atoms with Crippen molar-refractivity contribution >= 4 is 34.3 Å². The number of carbonyl (C=O) groups excluding carboxylic acids is 3. The average Bonchev–Trinajstić information content (AvgIpc) is 3.39. The lowest BCUT2D eigenvalue weighted by Crippen LogP contribution is -2.36. The van der Waals surface area contributed by atoms with Crippen LogP contribution in [0.15, 0.2) is 83.3 Å². The Kier molecular flexibility index (Phi) is 7.82. The van der Waals surface area contributed by atoms with Crippen molar-refractivity contribution in [3.8, 4) is 11.1 Å². The molecule has 204 valence electrons. The lowest BCUT2D eigenvalue weighted by Gasteiger charge is -2.28. The van der Waals surface area contributed by atoms with Crippen molar-refractivity contribution in [3.05, 3.63) is 101 Å². The number of hydrogen-bond acceptors (Lipinski definition) is 4. The van der Waals surface area contributed by atoms with Crippen molar-refractivity contribution in [1.29, 1.82) is 0 Å². The van der Waals surface area contributed by atoms with E-state index in [-0.39, 0.29) is 24.1 Å². The maximum atomic E-state index is 13.6. The summed E-state index contributed by atoms with van der Waals surface area (Å²) in [6.07, 6.45) is 3.24. The predicted octanol–water partition coefficient (Wildman–Crippen LogP) is 5.30. The van der Waals surface area contributed by atoms with Crippen LogP contribution >= 0.6 is 0 Å². The van der Waals surface area contributed by atoms with E-state index < -0.39 is 0 Å². The maximum absolute atomic E-state index is 13.6. The SMILES string of the molecule is CC(=O)NCc1ccccc1-c1ccccc1CC(=O)N1CCC=C(c2ccc3oc(C(=O)N(C)C)cc3c2)C1. The van der Waals surface area contributed by atoms with Gasteiger partial charge in [0.15, 0.2) is 5.76 Å². The molecule has 0 spiro atoms. The van der Waals surface area contributed by atoms with E-state index >= 15 is 0 Å². The van der Waals surface area contributed by atoms with E-state index in [1.807, 2.05) is 71.6 Å². The Bertz CT molecular complexity index is 1620. The molecule has 1 aliphatic rings. The molecule has 0 aliphatic carbocycles. The third-order valence-corrected chi connectivity index (χ3v) is 7.20. The molecule has 0 bridgehead atoms. The van der Waals surface area contributed by atoms with Crippen LogP contribution in [0.4, 0.5) is 0 Å². The molecule has 1 aromatic heterocycles. The van der Waals surface area contributed by atoms with Crippen molar-refractivity contribution in [3.63, 3.8) is 0 Å². The quantitative estimate of drug-likeness (QED) is 0.348. The molecule has 4 aromatic rings. The number of benzene rings is 3. The highest BCUT2D eigenvalue weighted by molar-refractivity contribution is 5.96. The van der Waals surface area contributed by atoms with E-state index in [0.29, 0.717) is 31.0 Å². The predicted molar refractivity (Wildman–Crippen MR) is 157 cm³/mol. The van der Waals surface area contributed by atoms with Gasteiger partial charge in [-0.15, -0.1) is 0 Å². The summed E-state index contributed by atoms with van der Waals surface area (Å²) in [5, 5.41) is 3.74. The van der Waals surface area contributed by atoms with Crippen LogP contribution in [0.2, 0.25) is 0 Å². The summed E-state index contributed by atoms with van der Waals surface area (Å²) in [7, 11) is 3.39. The minimum atomic E-state index is -0.176. The van der Waals surface area contributed by atoms with Gasteiger partial charge in [0, 0.05) is 46.0 Å². The second kappa shape index (κ2) is 11.6. The first-order chi connectivity index (χ1) is 19.3. The highest BCUT2D eigenvalue weighted by atomic mass is 16.3. The Labute approximate surface area is 234 Å². The summed E-state index contributed by atoms with van der Waals surface area (Å²) in [4.78, 5) is 40.8. The maximum Gasteiger partial charge on any atom is 0.289 e. The van der Waals surface area contributed by atoms with Crippen LogP contribution in [0, 0.1) is 0 Å². The van der Waals surface area contributed by atoms with E-state index in [2.05, 4.69) is 11.4 Å². The zero-order valence-corrected chi connectivity index (χ0v) is 23.1. The van der Waals surface area contributed by atoms with Crippen LogP contribution in [-0.4, -0.2) is 54.7 Å². The van der Waals surface area contributed by atoms with Gasteiger partial charge in [0.05, 0.1) is 6.42 Å². The van der Waals surface area contributed by atoms with Gasteiger partial charge in [0.2, 0.25) is 11.8 Å². The molecule has 7 heteroatoms. The zero-order valence-electron chi connectivity index (χ0n) is 23.1. The second-order valence-electron chi connectivity index (χ2n) is 10.3. The van der Waals surface area contributed by atoms with Crippen molar-refractivity contribution in [1.82, 2.24) is 15.1 Å². The number of amides is 3. The topological polar surface area (TPSA) is 82.9 Å². The number of carbonyl (C=O) groups is 3. The van der Waals surface area contributed by atoms with Crippen molar-refractivity contribution in [2.75, 3.05) is 27.2 Å². The number of rotatable bonds is 7. The molecule has 3 aromatic carbocycles. The smallest absolute Gasteiger partial charge is 0.289 e. The molecule has 0 radical (unpaired) electrons. The van der Waals surface area contributed by atoms with Gasteiger partial charge in [-0.05, 0) is 58.0 Å². The lowest BCUT2D eigenvalue weighted by molar-refractivity contribution is -0.130. The van der Waals surface area contributed by atoms with Crippen LogP contribution in [0.25, 0.3) is 27.7 Å². The standard InChI is InChI=1S/C33H33N3O4/c1-22(37)34-20-25-10-5-7-13-29(25)28-12-6-4-9-24(28)19-32(38)36-16-8-11-26(21-36)23-14-15-30-27(17-23)18-31(40-30)33(39)35(2)3/h4-7,9-15,17-18H,8,16,19-21H2,1-3H3,(H,34,37). The highest BCUT2D eigenvalue weighted by Gasteiger charge is 2.22. The Morgan fingerprint density at radius 1 is 0.925 bits per heavy atom. The molecule has 1 N–H and O–H groups in total.